The minimum Gasteiger partial charge on any atom is -0.872 e. The molecule has 0 amide bonds. The van der Waals surface area contributed by atoms with E-state index >= 15 is 0 Å². The first-order chi connectivity index (χ1) is 18.0. The van der Waals surface area contributed by atoms with Crippen LogP contribution in [0.3, 0.4) is 0 Å². The molecule has 17 heteroatoms. The van der Waals surface area contributed by atoms with E-state index in [0.717, 1.165) is 18.2 Å². The van der Waals surface area contributed by atoms with E-state index in [1.165, 1.54) is 48.5 Å². The molecule has 0 heterocycles. The van der Waals surface area contributed by atoms with Crippen LogP contribution in [-0.2, 0) is 10.1 Å². The number of benzene rings is 4. The standard InChI is InChI=1S/C24H16N4O9S.3Na/c29-19-8-6-14(11-17(19)24(33)34)26-25-13-5-7-15-12(9-13)10-20(38(35,36)37)21(22(15)30)28-27-18-4-2-1-3-16(18)23(31)32;;;/h1-11,29-30H,(H,31,32)(H,33,34)(H,35,36,37);;;/q;3*+1/p-3. The van der Waals surface area contributed by atoms with Crippen molar-refractivity contribution < 1.29 is 132 Å². The smallest absolute Gasteiger partial charge is 0.872 e. The van der Waals surface area contributed by atoms with Gasteiger partial charge in [-0.1, -0.05) is 35.8 Å². The topological polar surface area (TPSA) is 227 Å². The number of aromatic carboxylic acids is 2. The second-order valence-electron chi connectivity index (χ2n) is 7.62. The number of hydrogen-bond acceptors (Lipinski definition) is 11. The summed E-state index contributed by atoms with van der Waals surface area (Å²) >= 11 is 0. The fraction of sp³-hybridized carbons (Fsp3) is 0. The van der Waals surface area contributed by atoms with Crippen molar-refractivity contribution in [3.63, 3.8) is 0 Å². The molecule has 0 aromatic heterocycles. The molecule has 4 rings (SSSR count). The summed E-state index contributed by atoms with van der Waals surface area (Å²) < 4.78 is 35.8. The van der Waals surface area contributed by atoms with Gasteiger partial charge in [-0.3, -0.25) is 0 Å². The minimum atomic E-state index is -5.22. The third-order valence-corrected chi connectivity index (χ3v) is 6.00. The number of hydrogen-bond donors (Lipinski definition) is 2. The van der Waals surface area contributed by atoms with E-state index < -0.39 is 49.7 Å². The van der Waals surface area contributed by atoms with E-state index in [-0.39, 0.29) is 122 Å². The summed E-state index contributed by atoms with van der Waals surface area (Å²) in [6.07, 6.45) is 0. The van der Waals surface area contributed by atoms with Gasteiger partial charge in [-0.05, 0) is 53.2 Å². The Morgan fingerprint density at radius 1 is 0.707 bits per heavy atom. The maximum Gasteiger partial charge on any atom is 1.00 e. The first-order valence-electron chi connectivity index (χ1n) is 10.4. The van der Waals surface area contributed by atoms with Crippen LogP contribution in [-0.4, -0.2) is 35.1 Å². The van der Waals surface area contributed by atoms with Crippen LogP contribution in [0.15, 0.2) is 92.1 Å². The van der Waals surface area contributed by atoms with Gasteiger partial charge in [-0.2, -0.15) is 10.2 Å². The molecule has 0 bridgehead atoms. The van der Waals surface area contributed by atoms with E-state index in [1.54, 1.807) is 0 Å². The summed E-state index contributed by atoms with van der Waals surface area (Å²) in [6.45, 7) is 0. The fourth-order valence-electron chi connectivity index (χ4n) is 3.38. The van der Waals surface area contributed by atoms with Crippen molar-refractivity contribution in [1.29, 1.82) is 0 Å². The molecule has 0 aliphatic rings. The van der Waals surface area contributed by atoms with Crippen molar-refractivity contribution in [2.24, 2.45) is 20.5 Å². The second-order valence-corrected chi connectivity index (χ2v) is 8.97. The Bertz CT molecular complexity index is 1800. The van der Waals surface area contributed by atoms with Gasteiger partial charge in [0.25, 0.3) is 0 Å². The van der Waals surface area contributed by atoms with E-state index in [2.05, 4.69) is 20.5 Å². The molecule has 0 saturated carbocycles. The second kappa shape index (κ2) is 15.3. The monoisotopic (exact) mass is 602 g/mol. The van der Waals surface area contributed by atoms with Gasteiger partial charge in [0.15, 0.2) is 0 Å². The molecule has 13 nitrogen and oxygen atoms in total. The Labute approximate surface area is 298 Å². The SMILES string of the molecule is O=C(O)c1cc(N=Nc2ccc3c([O-])c(N=Nc4ccccc4C(=O)O)c(S(=O)(=O)[O-])cc3c2)ccc1[O-].[Na+].[Na+].[Na+]. The van der Waals surface area contributed by atoms with Crippen LogP contribution in [0.1, 0.15) is 20.7 Å². The largest absolute Gasteiger partial charge is 1.00 e. The maximum atomic E-state index is 13.0. The van der Waals surface area contributed by atoms with Gasteiger partial charge >= 0.3 is 101 Å². The predicted molar refractivity (Wildman–Crippen MR) is 126 cm³/mol. The number of carbonyl (C=O) groups is 2. The number of fused-ring (bicyclic) bond motifs is 1. The molecular weight excluding hydrogens is 589 g/mol. The van der Waals surface area contributed by atoms with Crippen LogP contribution in [0.25, 0.3) is 10.8 Å². The van der Waals surface area contributed by atoms with Gasteiger partial charge < -0.3 is 25.0 Å². The molecule has 0 spiro atoms. The van der Waals surface area contributed by atoms with Crippen LogP contribution < -0.4 is 98.9 Å². The molecule has 4 aromatic carbocycles. The Balaban J connectivity index is 0.00000280. The summed E-state index contributed by atoms with van der Waals surface area (Å²) in [5.74, 6) is -4.43. The normalized spacial score (nSPS) is 11.0. The molecule has 0 aliphatic heterocycles. The van der Waals surface area contributed by atoms with Crippen LogP contribution in [0.4, 0.5) is 22.7 Å². The summed E-state index contributed by atoms with van der Waals surface area (Å²) in [6, 6.07) is 13.5. The van der Waals surface area contributed by atoms with Gasteiger partial charge in [0.2, 0.25) is 0 Å². The van der Waals surface area contributed by atoms with Crippen molar-refractivity contribution in [1.82, 2.24) is 0 Å². The zero-order valence-corrected chi connectivity index (χ0v) is 28.6. The van der Waals surface area contributed by atoms with Gasteiger partial charge in [-0.15, -0.1) is 10.2 Å². The number of azo groups is 2. The van der Waals surface area contributed by atoms with E-state index in [4.69, 9.17) is 5.11 Å². The van der Waals surface area contributed by atoms with Crippen LogP contribution >= 0.6 is 0 Å². The number of carboxylic acid groups (broad SMARTS) is 2. The Hall–Kier alpha value is -2.21. The first kappa shape index (κ1) is 36.8. The summed E-state index contributed by atoms with van der Waals surface area (Å²) in [5, 5.41) is 58.0. The molecule has 4 aromatic rings. The Kier molecular flexibility index (Phi) is 13.8. The van der Waals surface area contributed by atoms with Gasteiger partial charge in [0.1, 0.15) is 15.8 Å². The van der Waals surface area contributed by atoms with Crippen molar-refractivity contribution in [2.45, 2.75) is 4.90 Å². The van der Waals surface area contributed by atoms with E-state index in [1.807, 2.05) is 0 Å². The number of rotatable bonds is 7. The number of nitrogens with zero attached hydrogens (tertiary/aromatic N) is 4. The molecule has 0 saturated heterocycles. The molecule has 0 fully saturated rings. The van der Waals surface area contributed by atoms with Crippen LogP contribution in [0, 0.1) is 0 Å². The molecule has 0 atom stereocenters. The van der Waals surface area contributed by atoms with E-state index in [0.29, 0.717) is 0 Å². The zero-order chi connectivity index (χ0) is 27.6. The first-order valence-corrected chi connectivity index (χ1v) is 11.8. The average Bonchev–Trinajstić information content (AvgIpc) is 2.86. The molecule has 0 radical (unpaired) electrons. The van der Waals surface area contributed by atoms with E-state index in [9.17, 15) is 37.9 Å². The molecule has 41 heavy (non-hydrogen) atoms. The summed E-state index contributed by atoms with van der Waals surface area (Å²) in [5.41, 5.74) is -1.56. The summed E-state index contributed by atoms with van der Waals surface area (Å²) in [7, 11) is -5.22. The third kappa shape index (κ3) is 8.65. The predicted octanol–water partition coefficient (Wildman–Crippen LogP) is -4.87. The average molecular weight is 602 g/mol. The zero-order valence-electron chi connectivity index (χ0n) is 21.8. The van der Waals surface area contributed by atoms with Gasteiger partial charge in [0.05, 0.1) is 33.1 Å². The van der Waals surface area contributed by atoms with Crippen LogP contribution in [0.5, 0.6) is 11.5 Å². The third-order valence-electron chi connectivity index (χ3n) is 5.15. The molecule has 192 valence electrons. The number of carboxylic acids is 2. The minimum absolute atomic E-state index is 0. The van der Waals surface area contributed by atoms with Crippen molar-refractivity contribution in [2.75, 3.05) is 0 Å². The quantitative estimate of drug-likeness (QED) is 0.117. The summed E-state index contributed by atoms with van der Waals surface area (Å²) in [4.78, 5) is 21.5. The molecule has 2 N–H and O–H groups in total. The maximum absolute atomic E-state index is 13.0. The molecular formula is C24H13N4Na3O9S. The molecule has 0 unspecified atom stereocenters. The van der Waals surface area contributed by atoms with Crippen molar-refractivity contribution in [3.8, 4) is 11.5 Å². The molecule has 0 aliphatic carbocycles. The van der Waals surface area contributed by atoms with Gasteiger partial charge in [-0.25, -0.2) is 18.0 Å². The Morgan fingerprint density at radius 2 is 1.29 bits per heavy atom. The van der Waals surface area contributed by atoms with Crippen molar-refractivity contribution >= 4 is 55.6 Å². The van der Waals surface area contributed by atoms with Gasteiger partial charge in [0, 0.05) is 0 Å². The van der Waals surface area contributed by atoms with Crippen molar-refractivity contribution in [3.05, 3.63) is 77.9 Å². The van der Waals surface area contributed by atoms with Crippen LogP contribution in [0.2, 0.25) is 0 Å². The Morgan fingerprint density at radius 3 is 1.90 bits per heavy atom. The fourth-order valence-corrected chi connectivity index (χ4v) is 4.02.